The van der Waals surface area contributed by atoms with E-state index in [-0.39, 0.29) is 18.1 Å². The Labute approximate surface area is 111 Å². The molecule has 0 radical (unpaired) electrons. The normalized spacial score (nSPS) is 10.4. The number of benzene rings is 1. The summed E-state index contributed by atoms with van der Waals surface area (Å²) in [5, 5.41) is 2.83. The molecule has 0 aliphatic carbocycles. The standard InChI is InChI=1S/C14H16FN3O/c15-12-5-3-11(4-6-12)10-14(19)18-7-1-2-13-16-8-9-17-13/h3-6,8-9H,1-2,7,10H2,(H,16,17)(H,18,19). The highest BCUT2D eigenvalue weighted by molar-refractivity contribution is 5.78. The minimum Gasteiger partial charge on any atom is -0.356 e. The molecule has 2 rings (SSSR count). The summed E-state index contributed by atoms with van der Waals surface area (Å²) in [4.78, 5) is 18.7. The molecule has 5 heteroatoms. The summed E-state index contributed by atoms with van der Waals surface area (Å²) in [5.41, 5.74) is 0.810. The highest BCUT2D eigenvalue weighted by atomic mass is 19.1. The van der Waals surface area contributed by atoms with Crippen molar-refractivity contribution >= 4 is 5.91 Å². The van der Waals surface area contributed by atoms with Crippen LogP contribution in [0.4, 0.5) is 4.39 Å². The Bertz CT molecular complexity index is 508. The molecular weight excluding hydrogens is 245 g/mol. The monoisotopic (exact) mass is 261 g/mol. The molecule has 0 spiro atoms. The molecule has 19 heavy (non-hydrogen) atoms. The first-order valence-corrected chi connectivity index (χ1v) is 6.23. The van der Waals surface area contributed by atoms with Crippen LogP contribution in [0, 0.1) is 5.82 Å². The fraction of sp³-hybridized carbons (Fsp3) is 0.286. The Morgan fingerprint density at radius 1 is 1.32 bits per heavy atom. The van der Waals surface area contributed by atoms with Crippen LogP contribution in [0.15, 0.2) is 36.7 Å². The molecule has 0 atom stereocenters. The average molecular weight is 261 g/mol. The Morgan fingerprint density at radius 2 is 2.11 bits per heavy atom. The van der Waals surface area contributed by atoms with Crippen LogP contribution in [0.3, 0.4) is 0 Å². The summed E-state index contributed by atoms with van der Waals surface area (Å²) >= 11 is 0. The third-order valence-electron chi connectivity index (χ3n) is 2.75. The number of aromatic nitrogens is 2. The van der Waals surface area contributed by atoms with E-state index in [2.05, 4.69) is 15.3 Å². The molecule has 0 fully saturated rings. The molecule has 0 aliphatic heterocycles. The van der Waals surface area contributed by atoms with Crippen molar-refractivity contribution in [3.8, 4) is 0 Å². The first-order chi connectivity index (χ1) is 9.24. The SMILES string of the molecule is O=C(Cc1ccc(F)cc1)NCCCc1ncc[nH]1. The molecule has 100 valence electrons. The highest BCUT2D eigenvalue weighted by Gasteiger charge is 2.03. The number of nitrogens with zero attached hydrogens (tertiary/aromatic N) is 1. The number of aromatic amines is 1. The number of imidazole rings is 1. The van der Waals surface area contributed by atoms with E-state index in [9.17, 15) is 9.18 Å². The van der Waals surface area contributed by atoms with Crippen molar-refractivity contribution in [3.63, 3.8) is 0 Å². The van der Waals surface area contributed by atoms with Crippen LogP contribution in [0.5, 0.6) is 0 Å². The maximum absolute atomic E-state index is 12.7. The Balaban J connectivity index is 1.65. The maximum atomic E-state index is 12.7. The van der Waals surface area contributed by atoms with Crippen LogP contribution in [0.25, 0.3) is 0 Å². The number of carbonyl (C=O) groups excluding carboxylic acids is 1. The molecule has 1 heterocycles. The van der Waals surface area contributed by atoms with E-state index in [1.54, 1.807) is 24.5 Å². The molecule has 2 aromatic rings. The van der Waals surface area contributed by atoms with Crippen LogP contribution in [-0.4, -0.2) is 22.4 Å². The second-order valence-corrected chi connectivity index (χ2v) is 4.29. The zero-order valence-corrected chi connectivity index (χ0v) is 10.5. The number of hydrogen-bond acceptors (Lipinski definition) is 2. The lowest BCUT2D eigenvalue weighted by Gasteiger charge is -2.04. The number of amides is 1. The molecule has 1 aromatic heterocycles. The van der Waals surface area contributed by atoms with Gasteiger partial charge in [-0.05, 0) is 24.1 Å². The van der Waals surface area contributed by atoms with Crippen molar-refractivity contribution in [2.75, 3.05) is 6.54 Å². The lowest BCUT2D eigenvalue weighted by atomic mass is 10.1. The number of rotatable bonds is 6. The van der Waals surface area contributed by atoms with Crippen LogP contribution in [0.1, 0.15) is 17.8 Å². The smallest absolute Gasteiger partial charge is 0.224 e. The number of aryl methyl sites for hydroxylation is 1. The van der Waals surface area contributed by atoms with Gasteiger partial charge in [0.2, 0.25) is 5.91 Å². The van der Waals surface area contributed by atoms with E-state index in [1.165, 1.54) is 12.1 Å². The van der Waals surface area contributed by atoms with Crippen LogP contribution >= 0.6 is 0 Å². The third kappa shape index (κ3) is 4.54. The van der Waals surface area contributed by atoms with Gasteiger partial charge in [-0.15, -0.1) is 0 Å². The van der Waals surface area contributed by atoms with Crippen LogP contribution < -0.4 is 5.32 Å². The highest BCUT2D eigenvalue weighted by Crippen LogP contribution is 2.03. The molecule has 2 N–H and O–H groups in total. The average Bonchev–Trinajstić information content (AvgIpc) is 2.91. The molecule has 0 saturated heterocycles. The topological polar surface area (TPSA) is 57.8 Å². The van der Waals surface area contributed by atoms with Gasteiger partial charge in [0.15, 0.2) is 0 Å². The van der Waals surface area contributed by atoms with Gasteiger partial charge in [0, 0.05) is 25.4 Å². The lowest BCUT2D eigenvalue weighted by Crippen LogP contribution is -2.26. The molecule has 0 unspecified atom stereocenters. The van der Waals surface area contributed by atoms with Crippen molar-refractivity contribution in [1.82, 2.24) is 15.3 Å². The minimum atomic E-state index is -0.289. The molecule has 0 aliphatic rings. The van der Waals surface area contributed by atoms with Gasteiger partial charge in [-0.25, -0.2) is 9.37 Å². The maximum Gasteiger partial charge on any atom is 0.224 e. The fourth-order valence-electron chi connectivity index (χ4n) is 1.77. The second-order valence-electron chi connectivity index (χ2n) is 4.29. The van der Waals surface area contributed by atoms with E-state index in [4.69, 9.17) is 0 Å². The number of hydrogen-bond donors (Lipinski definition) is 2. The summed E-state index contributed by atoms with van der Waals surface area (Å²) < 4.78 is 12.7. The Kier molecular flexibility index (Phi) is 4.66. The number of carbonyl (C=O) groups is 1. The Hall–Kier alpha value is -2.17. The van der Waals surface area contributed by atoms with E-state index < -0.39 is 0 Å². The van der Waals surface area contributed by atoms with E-state index in [0.717, 1.165) is 24.2 Å². The largest absolute Gasteiger partial charge is 0.356 e. The first kappa shape index (κ1) is 13.3. The van der Waals surface area contributed by atoms with Crippen LogP contribution in [-0.2, 0) is 17.6 Å². The quantitative estimate of drug-likeness (QED) is 0.779. The van der Waals surface area contributed by atoms with E-state index in [0.29, 0.717) is 6.54 Å². The number of halogens is 1. The van der Waals surface area contributed by atoms with Crippen LogP contribution in [0.2, 0.25) is 0 Å². The van der Waals surface area contributed by atoms with Gasteiger partial charge in [-0.1, -0.05) is 12.1 Å². The van der Waals surface area contributed by atoms with Gasteiger partial charge in [0.1, 0.15) is 11.6 Å². The predicted octanol–water partition coefficient (Wildman–Crippen LogP) is 1.84. The summed E-state index contributed by atoms with van der Waals surface area (Å²) in [6.07, 6.45) is 5.42. The molecule has 1 amide bonds. The van der Waals surface area contributed by atoms with Crippen molar-refractivity contribution < 1.29 is 9.18 Å². The van der Waals surface area contributed by atoms with Crippen molar-refractivity contribution in [3.05, 3.63) is 53.9 Å². The van der Waals surface area contributed by atoms with Crippen molar-refractivity contribution in [1.29, 1.82) is 0 Å². The van der Waals surface area contributed by atoms with Gasteiger partial charge in [0.05, 0.1) is 6.42 Å². The van der Waals surface area contributed by atoms with Gasteiger partial charge in [-0.2, -0.15) is 0 Å². The molecule has 0 bridgehead atoms. The minimum absolute atomic E-state index is 0.0500. The van der Waals surface area contributed by atoms with Crippen molar-refractivity contribution in [2.24, 2.45) is 0 Å². The van der Waals surface area contributed by atoms with Gasteiger partial charge in [-0.3, -0.25) is 4.79 Å². The van der Waals surface area contributed by atoms with Gasteiger partial charge >= 0.3 is 0 Å². The zero-order valence-electron chi connectivity index (χ0n) is 10.5. The first-order valence-electron chi connectivity index (χ1n) is 6.23. The summed E-state index contributed by atoms with van der Waals surface area (Å²) in [6, 6.07) is 5.97. The fourth-order valence-corrected chi connectivity index (χ4v) is 1.77. The Morgan fingerprint density at radius 3 is 2.79 bits per heavy atom. The lowest BCUT2D eigenvalue weighted by molar-refractivity contribution is -0.120. The summed E-state index contributed by atoms with van der Waals surface area (Å²) in [5.74, 6) is 0.585. The second kappa shape index (κ2) is 6.68. The molecule has 0 saturated carbocycles. The van der Waals surface area contributed by atoms with Gasteiger partial charge in [0.25, 0.3) is 0 Å². The molecule has 1 aromatic carbocycles. The predicted molar refractivity (Wildman–Crippen MR) is 70.0 cm³/mol. The number of H-pyrrole nitrogens is 1. The van der Waals surface area contributed by atoms with E-state index >= 15 is 0 Å². The van der Waals surface area contributed by atoms with E-state index in [1.807, 2.05) is 0 Å². The summed E-state index contributed by atoms with van der Waals surface area (Å²) in [7, 11) is 0. The van der Waals surface area contributed by atoms with Gasteiger partial charge < -0.3 is 10.3 Å². The number of nitrogens with one attached hydrogen (secondary N) is 2. The summed E-state index contributed by atoms with van der Waals surface area (Å²) in [6.45, 7) is 0.612. The van der Waals surface area contributed by atoms with Crippen molar-refractivity contribution in [2.45, 2.75) is 19.3 Å². The molecule has 4 nitrogen and oxygen atoms in total. The zero-order chi connectivity index (χ0) is 13.5. The third-order valence-corrected chi connectivity index (χ3v) is 2.75. The molecular formula is C14H16FN3O.